The van der Waals surface area contributed by atoms with Gasteiger partial charge in [-0.05, 0) is 50.6 Å². The van der Waals surface area contributed by atoms with Gasteiger partial charge >= 0.3 is 0 Å². The van der Waals surface area contributed by atoms with Crippen LogP contribution in [0.2, 0.25) is 0 Å². The van der Waals surface area contributed by atoms with Crippen molar-refractivity contribution in [3.05, 3.63) is 47.5 Å². The molecule has 0 aliphatic heterocycles. The number of aryl methyl sites for hydroxylation is 2. The van der Waals surface area contributed by atoms with Crippen molar-refractivity contribution in [1.82, 2.24) is 0 Å². The SMILES string of the molecule is CCOc1cc(Sc2ccc(C)cc2C)ccc1N. The van der Waals surface area contributed by atoms with Gasteiger partial charge in [-0.1, -0.05) is 29.5 Å². The van der Waals surface area contributed by atoms with Gasteiger partial charge in [0.2, 0.25) is 0 Å². The smallest absolute Gasteiger partial charge is 0.143 e. The molecular weight excluding hydrogens is 254 g/mol. The molecule has 2 N–H and O–H groups in total. The predicted octanol–water partition coefficient (Wildman–Crippen LogP) is 4.44. The van der Waals surface area contributed by atoms with Gasteiger partial charge in [0, 0.05) is 9.79 Å². The molecule has 2 aromatic carbocycles. The number of ether oxygens (including phenoxy) is 1. The van der Waals surface area contributed by atoms with Gasteiger partial charge in [0.15, 0.2) is 0 Å². The molecule has 100 valence electrons. The topological polar surface area (TPSA) is 35.2 Å². The van der Waals surface area contributed by atoms with Crippen molar-refractivity contribution >= 4 is 17.4 Å². The number of hydrogen-bond acceptors (Lipinski definition) is 3. The van der Waals surface area contributed by atoms with E-state index in [2.05, 4.69) is 32.0 Å². The van der Waals surface area contributed by atoms with E-state index in [0.29, 0.717) is 12.3 Å². The molecule has 0 saturated carbocycles. The summed E-state index contributed by atoms with van der Waals surface area (Å²) in [5.74, 6) is 0.761. The summed E-state index contributed by atoms with van der Waals surface area (Å²) in [6.45, 7) is 6.83. The number of nitrogen functional groups attached to an aromatic ring is 1. The third-order valence-electron chi connectivity index (χ3n) is 2.84. The highest BCUT2D eigenvalue weighted by atomic mass is 32.2. The summed E-state index contributed by atoms with van der Waals surface area (Å²) in [6, 6.07) is 12.4. The summed E-state index contributed by atoms with van der Waals surface area (Å²) in [6.07, 6.45) is 0. The van der Waals surface area contributed by atoms with E-state index in [1.54, 1.807) is 11.8 Å². The fourth-order valence-electron chi connectivity index (χ4n) is 1.90. The highest BCUT2D eigenvalue weighted by molar-refractivity contribution is 7.99. The first-order valence-corrected chi connectivity index (χ1v) is 7.19. The molecule has 0 aliphatic rings. The summed E-state index contributed by atoms with van der Waals surface area (Å²) in [4.78, 5) is 2.41. The second-order valence-corrected chi connectivity index (χ2v) is 5.62. The van der Waals surface area contributed by atoms with Crippen molar-refractivity contribution in [2.24, 2.45) is 0 Å². The zero-order valence-electron chi connectivity index (χ0n) is 11.6. The molecule has 2 nitrogen and oxygen atoms in total. The van der Waals surface area contributed by atoms with Crippen LogP contribution in [-0.4, -0.2) is 6.61 Å². The minimum atomic E-state index is 0.627. The van der Waals surface area contributed by atoms with Gasteiger partial charge < -0.3 is 10.5 Å². The molecule has 0 radical (unpaired) electrons. The van der Waals surface area contributed by atoms with Gasteiger partial charge in [0.1, 0.15) is 5.75 Å². The van der Waals surface area contributed by atoms with E-state index in [9.17, 15) is 0 Å². The number of rotatable bonds is 4. The molecule has 0 heterocycles. The van der Waals surface area contributed by atoms with E-state index >= 15 is 0 Å². The summed E-state index contributed by atoms with van der Waals surface area (Å²) in [7, 11) is 0. The van der Waals surface area contributed by atoms with E-state index in [1.165, 1.54) is 16.0 Å². The van der Waals surface area contributed by atoms with E-state index < -0.39 is 0 Å². The summed E-state index contributed by atoms with van der Waals surface area (Å²) >= 11 is 1.74. The second-order valence-electron chi connectivity index (χ2n) is 4.50. The molecule has 0 aliphatic carbocycles. The van der Waals surface area contributed by atoms with E-state index in [-0.39, 0.29) is 0 Å². The molecule has 2 aromatic rings. The van der Waals surface area contributed by atoms with Gasteiger partial charge in [0.25, 0.3) is 0 Å². The zero-order chi connectivity index (χ0) is 13.8. The fourth-order valence-corrected chi connectivity index (χ4v) is 2.81. The Hall–Kier alpha value is -1.61. The Morgan fingerprint density at radius 2 is 1.89 bits per heavy atom. The van der Waals surface area contributed by atoms with Crippen LogP contribution in [0, 0.1) is 13.8 Å². The van der Waals surface area contributed by atoms with Crippen LogP contribution < -0.4 is 10.5 Å². The highest BCUT2D eigenvalue weighted by Crippen LogP contribution is 2.34. The first-order chi connectivity index (χ1) is 9.10. The number of benzene rings is 2. The van der Waals surface area contributed by atoms with Crippen LogP contribution in [0.15, 0.2) is 46.2 Å². The van der Waals surface area contributed by atoms with E-state index in [4.69, 9.17) is 10.5 Å². The molecule has 0 amide bonds. The minimum Gasteiger partial charge on any atom is -0.492 e. The Labute approximate surface area is 119 Å². The van der Waals surface area contributed by atoms with E-state index in [0.717, 1.165) is 10.6 Å². The molecular formula is C16H19NOS. The third-order valence-corrected chi connectivity index (χ3v) is 4.01. The normalized spacial score (nSPS) is 10.5. The maximum Gasteiger partial charge on any atom is 0.143 e. The lowest BCUT2D eigenvalue weighted by molar-refractivity contribution is 0.341. The molecule has 0 bridgehead atoms. The quantitative estimate of drug-likeness (QED) is 0.837. The molecule has 2 rings (SSSR count). The summed E-state index contributed by atoms with van der Waals surface area (Å²) in [5.41, 5.74) is 9.15. The number of anilines is 1. The first-order valence-electron chi connectivity index (χ1n) is 6.37. The van der Waals surface area contributed by atoms with Crippen molar-refractivity contribution in [3.63, 3.8) is 0 Å². The Balaban J connectivity index is 2.25. The monoisotopic (exact) mass is 273 g/mol. The van der Waals surface area contributed by atoms with Gasteiger partial charge in [-0.2, -0.15) is 0 Å². The van der Waals surface area contributed by atoms with Crippen molar-refractivity contribution < 1.29 is 4.74 Å². The summed E-state index contributed by atoms with van der Waals surface area (Å²) in [5, 5.41) is 0. The predicted molar refractivity (Wildman–Crippen MR) is 82.1 cm³/mol. The molecule has 0 saturated heterocycles. The Bertz CT molecular complexity index is 581. The van der Waals surface area contributed by atoms with Crippen LogP contribution in [0.4, 0.5) is 5.69 Å². The largest absolute Gasteiger partial charge is 0.492 e. The zero-order valence-corrected chi connectivity index (χ0v) is 12.4. The average Bonchev–Trinajstić information content (AvgIpc) is 2.37. The van der Waals surface area contributed by atoms with Crippen LogP contribution in [0.1, 0.15) is 18.1 Å². The molecule has 0 aromatic heterocycles. The van der Waals surface area contributed by atoms with Crippen molar-refractivity contribution in [2.75, 3.05) is 12.3 Å². The fraction of sp³-hybridized carbons (Fsp3) is 0.250. The maximum atomic E-state index is 5.88. The minimum absolute atomic E-state index is 0.627. The standard InChI is InChI=1S/C16H19NOS/c1-4-18-15-10-13(6-7-14(15)17)19-16-8-5-11(2)9-12(16)3/h5-10H,4,17H2,1-3H3. The number of hydrogen-bond donors (Lipinski definition) is 1. The molecule has 0 spiro atoms. The molecule has 0 fully saturated rings. The van der Waals surface area contributed by atoms with Crippen molar-refractivity contribution in [3.8, 4) is 5.75 Å². The third kappa shape index (κ3) is 3.44. The molecule has 19 heavy (non-hydrogen) atoms. The van der Waals surface area contributed by atoms with Crippen LogP contribution in [0.3, 0.4) is 0 Å². The highest BCUT2D eigenvalue weighted by Gasteiger charge is 2.05. The van der Waals surface area contributed by atoms with Gasteiger partial charge in [-0.25, -0.2) is 0 Å². The van der Waals surface area contributed by atoms with Crippen molar-refractivity contribution in [2.45, 2.75) is 30.6 Å². The Morgan fingerprint density at radius 1 is 1.11 bits per heavy atom. The Kier molecular flexibility index (Phi) is 4.38. The van der Waals surface area contributed by atoms with E-state index in [1.807, 2.05) is 25.1 Å². The lowest BCUT2D eigenvalue weighted by atomic mass is 10.2. The maximum absolute atomic E-state index is 5.88. The number of nitrogens with two attached hydrogens (primary N) is 1. The van der Waals surface area contributed by atoms with Gasteiger partial charge in [-0.15, -0.1) is 0 Å². The second kappa shape index (κ2) is 6.02. The lowest BCUT2D eigenvalue weighted by Crippen LogP contribution is -1.96. The van der Waals surface area contributed by atoms with Gasteiger partial charge in [0.05, 0.1) is 12.3 Å². The lowest BCUT2D eigenvalue weighted by Gasteiger charge is -2.10. The molecule has 0 unspecified atom stereocenters. The van der Waals surface area contributed by atoms with Crippen LogP contribution in [0.5, 0.6) is 5.75 Å². The first kappa shape index (κ1) is 13.8. The van der Waals surface area contributed by atoms with Crippen LogP contribution in [-0.2, 0) is 0 Å². The van der Waals surface area contributed by atoms with Gasteiger partial charge in [-0.3, -0.25) is 0 Å². The van der Waals surface area contributed by atoms with Crippen LogP contribution >= 0.6 is 11.8 Å². The molecule has 3 heteroatoms. The average molecular weight is 273 g/mol. The Morgan fingerprint density at radius 3 is 2.58 bits per heavy atom. The van der Waals surface area contributed by atoms with Crippen molar-refractivity contribution in [1.29, 1.82) is 0 Å². The van der Waals surface area contributed by atoms with Crippen LogP contribution in [0.25, 0.3) is 0 Å². The summed E-state index contributed by atoms with van der Waals surface area (Å²) < 4.78 is 5.53. The molecule has 0 atom stereocenters.